The zero-order valence-electron chi connectivity index (χ0n) is 17.1. The highest BCUT2D eigenvalue weighted by Gasteiger charge is 2.04. The Morgan fingerprint density at radius 1 is 0.781 bits per heavy atom. The molecule has 0 saturated heterocycles. The van der Waals surface area contributed by atoms with Crippen molar-refractivity contribution in [2.75, 3.05) is 0 Å². The first-order valence-electron chi connectivity index (χ1n) is 9.99. The van der Waals surface area contributed by atoms with Gasteiger partial charge < -0.3 is 9.47 Å². The molecule has 0 aliphatic rings. The van der Waals surface area contributed by atoms with Crippen molar-refractivity contribution in [1.29, 1.82) is 0 Å². The molecule has 0 atom stereocenters. The molecule has 158 valence electrons. The summed E-state index contributed by atoms with van der Waals surface area (Å²) in [6.45, 7) is 0.321. The number of hydrogen-bond acceptors (Lipinski definition) is 5. The summed E-state index contributed by atoms with van der Waals surface area (Å²) in [5.74, 6) is 2.23. The first-order valence-corrected chi connectivity index (χ1v) is 9.99. The third kappa shape index (κ3) is 5.79. The largest absolute Gasteiger partial charge is 0.489 e. The average Bonchev–Trinajstić information content (AvgIpc) is 2.83. The highest BCUT2D eigenvalue weighted by atomic mass is 16.6. The lowest BCUT2D eigenvalue weighted by Gasteiger charge is -2.07. The van der Waals surface area contributed by atoms with E-state index in [1.54, 1.807) is 18.3 Å². The van der Waals surface area contributed by atoms with Crippen LogP contribution >= 0.6 is 0 Å². The number of nitro groups is 1. The molecular weight excluding hydrogens is 404 g/mol. The highest BCUT2D eigenvalue weighted by Crippen LogP contribution is 2.24. The lowest BCUT2D eigenvalue weighted by atomic mass is 10.2. The Hall–Kier alpha value is -4.45. The summed E-state index contributed by atoms with van der Waals surface area (Å²) in [6, 6.07) is 31.1. The van der Waals surface area contributed by atoms with E-state index >= 15 is 0 Å². The molecule has 0 aliphatic carbocycles. The molecule has 4 aromatic carbocycles. The van der Waals surface area contributed by atoms with Gasteiger partial charge in [0, 0.05) is 18.3 Å². The van der Waals surface area contributed by atoms with Crippen LogP contribution in [0.25, 0.3) is 0 Å². The van der Waals surface area contributed by atoms with E-state index in [1.807, 2.05) is 78.9 Å². The van der Waals surface area contributed by atoms with Crippen molar-refractivity contribution in [2.24, 2.45) is 4.99 Å². The van der Waals surface area contributed by atoms with Crippen molar-refractivity contribution in [1.82, 2.24) is 0 Å². The van der Waals surface area contributed by atoms with Gasteiger partial charge in [0.05, 0.1) is 10.6 Å². The van der Waals surface area contributed by atoms with Gasteiger partial charge in [-0.25, -0.2) is 0 Å². The second kappa shape index (κ2) is 10.0. The third-order valence-electron chi connectivity index (χ3n) is 4.59. The smallest absolute Gasteiger partial charge is 0.269 e. The molecule has 6 nitrogen and oxygen atoms in total. The molecule has 4 aromatic rings. The van der Waals surface area contributed by atoms with Crippen LogP contribution < -0.4 is 9.47 Å². The van der Waals surface area contributed by atoms with Crippen molar-refractivity contribution >= 4 is 17.6 Å². The number of nitrogens with zero attached hydrogens (tertiary/aromatic N) is 2. The van der Waals surface area contributed by atoms with E-state index in [9.17, 15) is 10.1 Å². The minimum absolute atomic E-state index is 0.0617. The van der Waals surface area contributed by atoms with E-state index in [4.69, 9.17) is 9.47 Å². The monoisotopic (exact) mass is 424 g/mol. The van der Waals surface area contributed by atoms with E-state index in [1.165, 1.54) is 12.1 Å². The fourth-order valence-electron chi connectivity index (χ4n) is 2.94. The topological polar surface area (TPSA) is 74.0 Å². The number of non-ortho nitro benzene ring substituents is 1. The Bertz CT molecular complexity index is 1200. The molecular formula is C26H20N2O4. The van der Waals surface area contributed by atoms with E-state index in [-0.39, 0.29) is 5.69 Å². The molecule has 0 amide bonds. The zero-order valence-corrected chi connectivity index (χ0v) is 17.1. The van der Waals surface area contributed by atoms with Crippen molar-refractivity contribution in [3.8, 4) is 17.2 Å². The van der Waals surface area contributed by atoms with Crippen LogP contribution in [-0.4, -0.2) is 11.1 Å². The number of ether oxygens (including phenoxy) is 2. The molecule has 32 heavy (non-hydrogen) atoms. The maximum atomic E-state index is 10.7. The van der Waals surface area contributed by atoms with Gasteiger partial charge in [-0.15, -0.1) is 0 Å². The summed E-state index contributed by atoms with van der Waals surface area (Å²) >= 11 is 0. The van der Waals surface area contributed by atoms with Crippen LogP contribution in [0.2, 0.25) is 0 Å². The van der Waals surface area contributed by atoms with Gasteiger partial charge in [0.25, 0.3) is 5.69 Å². The highest BCUT2D eigenvalue weighted by molar-refractivity contribution is 5.82. The van der Waals surface area contributed by atoms with Gasteiger partial charge in [0.1, 0.15) is 23.9 Å². The van der Waals surface area contributed by atoms with Gasteiger partial charge in [0.15, 0.2) is 0 Å². The first kappa shape index (κ1) is 20.8. The molecule has 0 N–H and O–H groups in total. The Morgan fingerprint density at radius 3 is 2.19 bits per heavy atom. The van der Waals surface area contributed by atoms with Crippen LogP contribution in [0, 0.1) is 10.1 Å². The van der Waals surface area contributed by atoms with Crippen molar-refractivity contribution in [3.63, 3.8) is 0 Å². The second-order valence-electron chi connectivity index (χ2n) is 6.95. The SMILES string of the molecule is O=[N+]([O-])c1ccc(COc2cccc(C=Nc3ccc(Oc4ccccc4)cc3)c2)cc1. The van der Waals surface area contributed by atoms with Crippen LogP contribution in [0.4, 0.5) is 11.4 Å². The Morgan fingerprint density at radius 2 is 1.47 bits per heavy atom. The van der Waals surface area contributed by atoms with Crippen LogP contribution in [0.5, 0.6) is 17.2 Å². The molecule has 0 saturated carbocycles. The lowest BCUT2D eigenvalue weighted by Crippen LogP contribution is -1.96. The Balaban J connectivity index is 1.35. The van der Waals surface area contributed by atoms with Crippen LogP contribution in [0.15, 0.2) is 108 Å². The minimum Gasteiger partial charge on any atom is -0.489 e. The lowest BCUT2D eigenvalue weighted by molar-refractivity contribution is -0.384. The predicted octanol–water partition coefficient (Wildman–Crippen LogP) is 6.72. The molecule has 0 bridgehead atoms. The summed E-state index contributed by atoms with van der Waals surface area (Å²) in [4.78, 5) is 14.8. The van der Waals surface area contributed by atoms with Crippen LogP contribution in [0.1, 0.15) is 11.1 Å². The maximum absolute atomic E-state index is 10.7. The number of hydrogen-bond donors (Lipinski definition) is 0. The summed E-state index contributed by atoms with van der Waals surface area (Å²) in [7, 11) is 0. The van der Waals surface area contributed by atoms with Gasteiger partial charge in [-0.1, -0.05) is 30.3 Å². The molecule has 0 aliphatic heterocycles. The molecule has 0 fully saturated rings. The molecule has 4 rings (SSSR count). The van der Waals surface area contributed by atoms with Crippen LogP contribution in [0.3, 0.4) is 0 Å². The number of rotatable bonds is 8. The number of nitro benzene ring substituents is 1. The zero-order chi connectivity index (χ0) is 22.2. The average molecular weight is 424 g/mol. The fraction of sp³-hybridized carbons (Fsp3) is 0.0385. The fourth-order valence-corrected chi connectivity index (χ4v) is 2.94. The maximum Gasteiger partial charge on any atom is 0.269 e. The predicted molar refractivity (Wildman–Crippen MR) is 124 cm³/mol. The summed E-state index contributed by atoms with van der Waals surface area (Å²) in [5.41, 5.74) is 2.62. The van der Waals surface area contributed by atoms with Gasteiger partial charge in [-0.2, -0.15) is 0 Å². The quantitative estimate of drug-likeness (QED) is 0.179. The normalized spacial score (nSPS) is 10.8. The number of para-hydroxylation sites is 1. The van der Waals surface area contributed by atoms with E-state index < -0.39 is 4.92 Å². The third-order valence-corrected chi connectivity index (χ3v) is 4.59. The van der Waals surface area contributed by atoms with Crippen LogP contribution in [-0.2, 0) is 6.61 Å². The Labute approximate surface area is 185 Å². The number of aliphatic imine (C=N–C) groups is 1. The number of benzene rings is 4. The molecule has 0 aromatic heterocycles. The van der Waals surface area contributed by atoms with Gasteiger partial charge in [-0.3, -0.25) is 15.1 Å². The van der Waals surface area contributed by atoms with Gasteiger partial charge in [-0.05, 0) is 71.8 Å². The van der Waals surface area contributed by atoms with Gasteiger partial charge >= 0.3 is 0 Å². The Kier molecular flexibility index (Phi) is 6.53. The first-order chi connectivity index (χ1) is 15.7. The van der Waals surface area contributed by atoms with E-state index in [2.05, 4.69) is 4.99 Å². The molecule has 0 heterocycles. The summed E-state index contributed by atoms with van der Waals surface area (Å²) < 4.78 is 11.6. The van der Waals surface area contributed by atoms with E-state index in [0.717, 1.165) is 28.3 Å². The molecule has 0 spiro atoms. The minimum atomic E-state index is -0.419. The molecule has 0 unspecified atom stereocenters. The summed E-state index contributed by atoms with van der Waals surface area (Å²) in [5, 5.41) is 10.7. The summed E-state index contributed by atoms with van der Waals surface area (Å²) in [6.07, 6.45) is 1.77. The van der Waals surface area contributed by atoms with Gasteiger partial charge in [0.2, 0.25) is 0 Å². The standard InChI is InChI=1S/C26H20N2O4/c29-28(30)23-13-9-20(10-14-23)19-31-26-8-4-5-21(17-26)18-27-22-11-15-25(16-12-22)32-24-6-2-1-3-7-24/h1-18H,19H2. The van der Waals surface area contributed by atoms with Crippen molar-refractivity contribution in [3.05, 3.63) is 124 Å². The van der Waals surface area contributed by atoms with Crippen molar-refractivity contribution < 1.29 is 14.4 Å². The van der Waals surface area contributed by atoms with E-state index in [0.29, 0.717) is 12.4 Å². The molecule has 6 heteroatoms. The van der Waals surface area contributed by atoms with Crippen molar-refractivity contribution in [2.45, 2.75) is 6.61 Å². The second-order valence-corrected chi connectivity index (χ2v) is 6.95. The molecule has 0 radical (unpaired) electrons.